The van der Waals surface area contributed by atoms with Crippen LogP contribution in [-0.4, -0.2) is 13.4 Å². The monoisotopic (exact) mass is 1170 g/mol. The van der Waals surface area contributed by atoms with Crippen LogP contribution >= 0.6 is 0 Å². The number of nitrogens with zero attached hydrogens (tertiary/aromatic N) is 5. The largest absolute Gasteiger partial charge is 0.458 e. The quantitative estimate of drug-likeness (QED) is 0.120. The van der Waals surface area contributed by atoms with Gasteiger partial charge in [0.1, 0.15) is 11.5 Å². The van der Waals surface area contributed by atoms with Crippen LogP contribution in [0, 0.1) is 0 Å². The topological polar surface area (TPSA) is 25.4 Å². The van der Waals surface area contributed by atoms with Crippen molar-refractivity contribution in [2.75, 3.05) is 24.5 Å². The number of fused-ring (bicyclic) bond motifs is 8. The Morgan fingerprint density at radius 2 is 0.576 bits per heavy atom. The van der Waals surface area contributed by atoms with E-state index in [-0.39, 0.29) is 13.4 Å². The molecule has 4 heterocycles. The second kappa shape index (κ2) is 21.9. The highest BCUT2D eigenvalue weighted by Crippen LogP contribution is 2.56. The molecule has 92 heavy (non-hydrogen) atoms. The summed E-state index contributed by atoms with van der Waals surface area (Å²) in [5.41, 5.74) is 27.6. The van der Waals surface area contributed by atoms with Crippen LogP contribution < -0.4 is 62.0 Å². The minimum absolute atomic E-state index is 0.293. The molecule has 0 unspecified atom stereocenters. The molecule has 4 aliphatic heterocycles. The van der Waals surface area contributed by atoms with Gasteiger partial charge in [0.05, 0.1) is 22.7 Å². The van der Waals surface area contributed by atoms with Gasteiger partial charge in [-0.2, -0.15) is 0 Å². The van der Waals surface area contributed by atoms with Gasteiger partial charge in [-0.3, -0.25) is 0 Å². The molecule has 4 aliphatic rings. The van der Waals surface area contributed by atoms with Crippen molar-refractivity contribution in [3.05, 3.63) is 346 Å². The highest BCUT2D eigenvalue weighted by Gasteiger charge is 2.52. The summed E-state index contributed by atoms with van der Waals surface area (Å²) in [5, 5.41) is 0. The summed E-state index contributed by atoms with van der Waals surface area (Å²) in [6.45, 7) is -0.601. The second-order valence-electron chi connectivity index (χ2n) is 23.9. The van der Waals surface area contributed by atoms with Crippen molar-refractivity contribution >= 4 is 132 Å². The van der Waals surface area contributed by atoms with Crippen molar-refractivity contribution < 1.29 is 4.74 Å². The summed E-state index contributed by atoms with van der Waals surface area (Å²) in [5.74, 6) is 1.65. The lowest BCUT2D eigenvalue weighted by Gasteiger charge is -2.49. The van der Waals surface area contributed by atoms with Gasteiger partial charge in [-0.05, 0) is 165 Å². The Balaban J connectivity index is 1.05. The zero-order chi connectivity index (χ0) is 60.6. The van der Waals surface area contributed by atoms with Crippen LogP contribution in [0.25, 0.3) is 22.3 Å². The summed E-state index contributed by atoms with van der Waals surface area (Å²) >= 11 is 0. The molecule has 0 fully saturated rings. The van der Waals surface area contributed by atoms with E-state index in [2.05, 4.69) is 370 Å². The van der Waals surface area contributed by atoms with E-state index < -0.39 is 0 Å². The number of para-hydroxylation sites is 9. The number of hydrogen-bond donors (Lipinski definition) is 0. The van der Waals surface area contributed by atoms with Crippen molar-refractivity contribution in [3.63, 3.8) is 0 Å². The first-order chi connectivity index (χ1) is 45.7. The molecule has 0 atom stereocenters. The number of anilines is 15. The first-order valence-electron chi connectivity index (χ1n) is 31.7. The van der Waals surface area contributed by atoms with Crippen LogP contribution in [0.1, 0.15) is 0 Å². The predicted octanol–water partition coefficient (Wildman–Crippen LogP) is 18.4. The highest BCUT2D eigenvalue weighted by molar-refractivity contribution is 7.04. The Hall–Kier alpha value is -12.0. The van der Waals surface area contributed by atoms with Gasteiger partial charge in [-0.1, -0.05) is 224 Å². The number of benzene rings is 14. The Morgan fingerprint density at radius 3 is 1.04 bits per heavy atom. The van der Waals surface area contributed by atoms with Crippen LogP contribution in [-0.2, 0) is 0 Å². The van der Waals surface area contributed by atoms with Gasteiger partial charge in [0.15, 0.2) is 0 Å². The van der Waals surface area contributed by atoms with Crippen LogP contribution in [0.3, 0.4) is 0 Å². The molecule has 0 aromatic heterocycles. The van der Waals surface area contributed by atoms with E-state index in [0.29, 0.717) is 0 Å². The third kappa shape index (κ3) is 8.45. The molecular formula is C84H57B2N5O. The zero-order valence-corrected chi connectivity index (χ0v) is 50.2. The van der Waals surface area contributed by atoms with E-state index in [1.807, 2.05) is 0 Å². The standard InChI is InChI=1S/C84H57B2N5O/c1-10-32-58(33-11-1)77-81-83(90(65-46-24-8-25-47-65)73-55-67(87(60-36-14-3-15-37-60)61-38-16-4-17-39-61)54-72-79(73)85(81)69-50-28-30-52-71(69)89(72)64-44-22-7-23-45-64)78(59-34-12-2-13-35-59)84-82(77)86-70-51-29-31-53-75(70)92-76-57-68(56-74(80(76)86)91(84)66-48-26-9-27-49-66)88(62-40-18-5-19-41-62)63-42-20-6-21-43-63/h1-57H. The molecule has 0 N–H and O–H groups in total. The summed E-state index contributed by atoms with van der Waals surface area (Å²) in [6, 6.07) is 126. The average Bonchev–Trinajstić information content (AvgIpc) is 0.670. The molecule has 0 amide bonds. The molecule has 0 bridgehead atoms. The van der Waals surface area contributed by atoms with Gasteiger partial charge in [0, 0.05) is 74.2 Å². The van der Waals surface area contributed by atoms with Gasteiger partial charge >= 0.3 is 0 Å². The fourth-order valence-corrected chi connectivity index (χ4v) is 15.2. The second-order valence-corrected chi connectivity index (χ2v) is 23.9. The maximum absolute atomic E-state index is 7.47. The van der Waals surface area contributed by atoms with Crippen molar-refractivity contribution in [3.8, 4) is 33.8 Å². The van der Waals surface area contributed by atoms with Gasteiger partial charge in [-0.25, -0.2) is 0 Å². The van der Waals surface area contributed by atoms with Crippen LogP contribution in [0.15, 0.2) is 346 Å². The lowest BCUT2D eigenvalue weighted by Crippen LogP contribution is -2.66. The summed E-state index contributed by atoms with van der Waals surface area (Å²) < 4.78 is 7.47. The first kappa shape index (κ1) is 53.1. The molecule has 8 heteroatoms. The Morgan fingerprint density at radius 1 is 0.239 bits per heavy atom. The fraction of sp³-hybridized carbons (Fsp3) is 0. The van der Waals surface area contributed by atoms with E-state index in [1.165, 1.54) is 27.4 Å². The third-order valence-electron chi connectivity index (χ3n) is 18.8. The summed E-state index contributed by atoms with van der Waals surface area (Å²) in [7, 11) is 0. The van der Waals surface area contributed by atoms with E-state index in [1.54, 1.807) is 0 Å². The van der Waals surface area contributed by atoms with Crippen LogP contribution in [0.4, 0.5) is 85.3 Å². The molecule has 0 radical (unpaired) electrons. The van der Waals surface area contributed by atoms with Gasteiger partial charge < -0.3 is 29.2 Å². The molecule has 0 saturated carbocycles. The highest BCUT2D eigenvalue weighted by atomic mass is 16.5. The predicted molar refractivity (Wildman–Crippen MR) is 387 cm³/mol. The maximum atomic E-state index is 7.47. The summed E-state index contributed by atoms with van der Waals surface area (Å²) in [6.07, 6.45) is 0. The van der Waals surface area contributed by atoms with Crippen molar-refractivity contribution in [2.24, 2.45) is 0 Å². The normalized spacial score (nSPS) is 12.8. The Bertz CT molecular complexity index is 5010. The molecular weight excluding hydrogens is 1120 g/mol. The zero-order valence-electron chi connectivity index (χ0n) is 50.2. The van der Waals surface area contributed by atoms with E-state index in [4.69, 9.17) is 4.74 Å². The molecule has 14 aromatic rings. The van der Waals surface area contributed by atoms with Crippen molar-refractivity contribution in [1.29, 1.82) is 0 Å². The molecule has 0 aliphatic carbocycles. The minimum atomic E-state index is -0.308. The Kier molecular flexibility index (Phi) is 12.7. The molecule has 6 nitrogen and oxygen atoms in total. The van der Waals surface area contributed by atoms with Crippen molar-refractivity contribution in [2.45, 2.75) is 0 Å². The van der Waals surface area contributed by atoms with Crippen molar-refractivity contribution in [1.82, 2.24) is 0 Å². The number of hydrogen-bond acceptors (Lipinski definition) is 6. The average molecular weight is 1170 g/mol. The maximum Gasteiger partial charge on any atom is 0.257 e. The number of ether oxygens (including phenoxy) is 1. The molecule has 0 spiro atoms. The molecule has 430 valence electrons. The molecule has 0 saturated heterocycles. The minimum Gasteiger partial charge on any atom is -0.458 e. The lowest BCUT2D eigenvalue weighted by atomic mass is 9.28. The van der Waals surface area contributed by atoms with Gasteiger partial charge in [-0.15, -0.1) is 0 Å². The van der Waals surface area contributed by atoms with Gasteiger partial charge in [0.25, 0.3) is 13.4 Å². The van der Waals surface area contributed by atoms with Gasteiger partial charge in [0.2, 0.25) is 0 Å². The first-order valence-corrected chi connectivity index (χ1v) is 31.7. The van der Waals surface area contributed by atoms with Crippen LogP contribution in [0.5, 0.6) is 11.5 Å². The summed E-state index contributed by atoms with van der Waals surface area (Å²) in [4.78, 5) is 12.5. The van der Waals surface area contributed by atoms with Crippen LogP contribution in [0.2, 0.25) is 0 Å². The van der Waals surface area contributed by atoms with E-state index in [9.17, 15) is 0 Å². The lowest BCUT2D eigenvalue weighted by molar-refractivity contribution is 0.487. The smallest absolute Gasteiger partial charge is 0.257 e. The Labute approximate surface area is 537 Å². The third-order valence-corrected chi connectivity index (χ3v) is 18.8. The SMILES string of the molecule is c1ccc(-c2c3c(c(-c4ccccc4)c4c2B2c5ccccc5N(c5ccccc5)c5cc(N(c6ccccc6)c6ccccc6)cc(c52)N4c2ccccc2)N(c2ccccc2)c2cc(N(c4ccccc4)c4ccccc4)cc4c2B3c2ccccc2O4)cc1. The fourth-order valence-electron chi connectivity index (χ4n) is 15.2. The molecule has 18 rings (SSSR count). The van der Waals surface area contributed by atoms with E-state index in [0.717, 1.165) is 124 Å². The molecule has 14 aromatic carbocycles. The van der Waals surface area contributed by atoms with E-state index >= 15 is 0 Å². The number of rotatable bonds is 11.